The normalized spacial score (nSPS) is 25.3. The number of carbonyl (C=O) groups excluding carboxylic acids is 1. The summed E-state index contributed by atoms with van der Waals surface area (Å²) in [6.07, 6.45) is 4.01. The van der Waals surface area contributed by atoms with Gasteiger partial charge >= 0.3 is 0 Å². The highest BCUT2D eigenvalue weighted by Gasteiger charge is 2.35. The van der Waals surface area contributed by atoms with Crippen LogP contribution in [0.5, 0.6) is 0 Å². The van der Waals surface area contributed by atoms with E-state index in [4.69, 9.17) is 10.5 Å². The van der Waals surface area contributed by atoms with E-state index >= 15 is 0 Å². The zero-order valence-corrected chi connectivity index (χ0v) is 10.2. The Morgan fingerprint density at radius 1 is 1.47 bits per heavy atom. The first-order valence-electron chi connectivity index (χ1n) is 6.40. The Kier molecular flexibility index (Phi) is 4.01. The number of hydrogen-bond acceptors (Lipinski definition) is 4. The summed E-state index contributed by atoms with van der Waals surface area (Å²) < 4.78 is 5.25. The lowest BCUT2D eigenvalue weighted by molar-refractivity contribution is -0.125. The van der Waals surface area contributed by atoms with E-state index in [-0.39, 0.29) is 18.6 Å². The Morgan fingerprint density at radius 3 is 2.65 bits per heavy atom. The summed E-state index contributed by atoms with van der Waals surface area (Å²) in [5.41, 5.74) is 5.43. The summed E-state index contributed by atoms with van der Waals surface area (Å²) >= 11 is 0. The van der Waals surface area contributed by atoms with Crippen molar-refractivity contribution in [2.24, 2.45) is 11.7 Å². The third-order valence-corrected chi connectivity index (χ3v) is 3.81. The number of aliphatic hydroxyl groups is 1. The molecule has 1 atom stereocenters. The molecule has 5 nitrogen and oxygen atoms in total. The van der Waals surface area contributed by atoms with Gasteiger partial charge in [-0.15, -0.1) is 0 Å². The number of hydrogen-bond donors (Lipinski definition) is 3. The largest absolute Gasteiger partial charge is 0.394 e. The second kappa shape index (κ2) is 5.33. The van der Waals surface area contributed by atoms with Crippen molar-refractivity contribution in [3.8, 4) is 0 Å². The molecule has 2 rings (SSSR count). The molecule has 1 heterocycles. The fraction of sp³-hybridized carbons (Fsp3) is 0.917. The minimum absolute atomic E-state index is 0.0226. The Morgan fingerprint density at radius 2 is 2.12 bits per heavy atom. The van der Waals surface area contributed by atoms with Gasteiger partial charge in [-0.3, -0.25) is 4.79 Å². The molecule has 2 aliphatic rings. The molecule has 0 spiro atoms. The fourth-order valence-corrected chi connectivity index (χ4v) is 2.34. The van der Waals surface area contributed by atoms with Crippen molar-refractivity contribution in [1.29, 1.82) is 0 Å². The molecule has 2 fully saturated rings. The van der Waals surface area contributed by atoms with Gasteiger partial charge in [-0.2, -0.15) is 0 Å². The van der Waals surface area contributed by atoms with Crippen molar-refractivity contribution in [1.82, 2.24) is 5.32 Å². The fourth-order valence-electron chi connectivity index (χ4n) is 2.34. The summed E-state index contributed by atoms with van der Waals surface area (Å²) in [5, 5.41) is 12.4. The van der Waals surface area contributed by atoms with E-state index in [0.29, 0.717) is 38.4 Å². The molecule has 1 aliphatic carbocycles. The molecule has 1 saturated heterocycles. The van der Waals surface area contributed by atoms with Gasteiger partial charge < -0.3 is 20.9 Å². The molecule has 17 heavy (non-hydrogen) atoms. The molecule has 0 bridgehead atoms. The zero-order valence-electron chi connectivity index (χ0n) is 10.2. The highest BCUT2D eigenvalue weighted by atomic mass is 16.5. The second-order valence-electron chi connectivity index (χ2n) is 5.30. The summed E-state index contributed by atoms with van der Waals surface area (Å²) in [6.45, 7) is 1.16. The predicted octanol–water partition coefficient (Wildman–Crippen LogP) is -0.229. The maximum Gasteiger partial charge on any atom is 0.222 e. The van der Waals surface area contributed by atoms with Crippen molar-refractivity contribution < 1.29 is 14.6 Å². The van der Waals surface area contributed by atoms with Crippen molar-refractivity contribution in [3.63, 3.8) is 0 Å². The molecule has 0 radical (unpaired) electrons. The first-order chi connectivity index (χ1) is 8.15. The zero-order chi connectivity index (χ0) is 12.3. The quantitative estimate of drug-likeness (QED) is 0.622. The van der Waals surface area contributed by atoms with Crippen LogP contribution in [0.1, 0.15) is 32.1 Å². The van der Waals surface area contributed by atoms with Crippen LogP contribution in [0, 0.1) is 5.92 Å². The van der Waals surface area contributed by atoms with Gasteiger partial charge in [0.05, 0.1) is 12.1 Å². The van der Waals surface area contributed by atoms with E-state index in [0.717, 1.165) is 12.8 Å². The Labute approximate surface area is 102 Å². The minimum Gasteiger partial charge on any atom is -0.394 e. The van der Waals surface area contributed by atoms with E-state index in [1.807, 2.05) is 0 Å². The van der Waals surface area contributed by atoms with E-state index in [1.54, 1.807) is 0 Å². The highest BCUT2D eigenvalue weighted by Crippen LogP contribution is 2.33. The minimum atomic E-state index is -0.487. The Hall–Kier alpha value is -0.650. The lowest BCUT2D eigenvalue weighted by Gasteiger charge is -2.36. The van der Waals surface area contributed by atoms with Gasteiger partial charge in [0.25, 0.3) is 0 Å². The lowest BCUT2D eigenvalue weighted by atomic mass is 9.90. The van der Waals surface area contributed by atoms with Crippen LogP contribution in [0.2, 0.25) is 0 Å². The van der Waals surface area contributed by atoms with Crippen LogP contribution in [-0.4, -0.2) is 42.4 Å². The van der Waals surface area contributed by atoms with Gasteiger partial charge in [-0.05, 0) is 31.6 Å². The van der Waals surface area contributed by atoms with Crippen molar-refractivity contribution >= 4 is 5.91 Å². The van der Waals surface area contributed by atoms with Gasteiger partial charge in [0.2, 0.25) is 5.91 Å². The number of nitrogens with one attached hydrogen (secondary N) is 1. The number of carbonyl (C=O) groups is 1. The first kappa shape index (κ1) is 12.8. The van der Waals surface area contributed by atoms with E-state index in [9.17, 15) is 9.90 Å². The lowest BCUT2D eigenvalue weighted by Crippen LogP contribution is -2.55. The van der Waals surface area contributed by atoms with Crippen molar-refractivity contribution in [2.45, 2.75) is 43.7 Å². The molecule has 1 amide bonds. The van der Waals surface area contributed by atoms with Gasteiger partial charge in [-0.25, -0.2) is 0 Å². The second-order valence-corrected chi connectivity index (χ2v) is 5.30. The van der Waals surface area contributed by atoms with Gasteiger partial charge in [0, 0.05) is 25.7 Å². The Bertz CT molecular complexity index is 273. The summed E-state index contributed by atoms with van der Waals surface area (Å²) in [4.78, 5) is 11.9. The Balaban J connectivity index is 1.82. The number of rotatable bonds is 5. The monoisotopic (exact) mass is 242 g/mol. The molecule has 1 saturated carbocycles. The van der Waals surface area contributed by atoms with Gasteiger partial charge in [0.1, 0.15) is 0 Å². The van der Waals surface area contributed by atoms with E-state index in [1.165, 1.54) is 0 Å². The topological polar surface area (TPSA) is 84.6 Å². The van der Waals surface area contributed by atoms with Crippen LogP contribution in [0.4, 0.5) is 0 Å². The van der Waals surface area contributed by atoms with Crippen LogP contribution < -0.4 is 11.1 Å². The van der Waals surface area contributed by atoms with Crippen LogP contribution >= 0.6 is 0 Å². The molecule has 0 aromatic heterocycles. The summed E-state index contributed by atoms with van der Waals surface area (Å²) in [7, 11) is 0. The van der Waals surface area contributed by atoms with E-state index < -0.39 is 5.54 Å². The van der Waals surface area contributed by atoms with Crippen LogP contribution in [0.3, 0.4) is 0 Å². The maximum atomic E-state index is 11.9. The molecule has 5 heteroatoms. The average Bonchev–Trinajstić information content (AvgIpc) is 3.13. The first-order valence-corrected chi connectivity index (χ1v) is 6.40. The SMILES string of the molecule is NC(CC(=O)NC1(CO)CCOCC1)C1CC1. The molecule has 1 unspecified atom stereocenters. The summed E-state index contributed by atoms with van der Waals surface area (Å²) in [5.74, 6) is 0.487. The van der Waals surface area contributed by atoms with Crippen LogP contribution in [0.25, 0.3) is 0 Å². The summed E-state index contributed by atoms with van der Waals surface area (Å²) in [6, 6.07) is -0.0226. The van der Waals surface area contributed by atoms with E-state index in [2.05, 4.69) is 5.32 Å². The van der Waals surface area contributed by atoms with Gasteiger partial charge in [-0.1, -0.05) is 0 Å². The molecule has 1 aliphatic heterocycles. The molecule has 98 valence electrons. The molecular formula is C12H22N2O3. The number of amides is 1. The average molecular weight is 242 g/mol. The standard InChI is InChI=1S/C12H22N2O3/c13-10(9-1-2-9)7-11(16)14-12(8-15)3-5-17-6-4-12/h9-10,15H,1-8,13H2,(H,14,16). The highest BCUT2D eigenvalue weighted by molar-refractivity contribution is 5.77. The number of aliphatic hydroxyl groups excluding tert-OH is 1. The van der Waals surface area contributed by atoms with Crippen LogP contribution in [-0.2, 0) is 9.53 Å². The number of ether oxygens (including phenoxy) is 1. The van der Waals surface area contributed by atoms with Crippen molar-refractivity contribution in [2.75, 3.05) is 19.8 Å². The van der Waals surface area contributed by atoms with Gasteiger partial charge in [0.15, 0.2) is 0 Å². The predicted molar refractivity (Wildman–Crippen MR) is 63.3 cm³/mol. The third kappa shape index (κ3) is 3.40. The number of nitrogens with two attached hydrogens (primary N) is 1. The maximum absolute atomic E-state index is 11.9. The molecular weight excluding hydrogens is 220 g/mol. The van der Waals surface area contributed by atoms with Crippen molar-refractivity contribution in [3.05, 3.63) is 0 Å². The smallest absolute Gasteiger partial charge is 0.222 e. The molecule has 0 aromatic rings. The van der Waals surface area contributed by atoms with Crippen LogP contribution in [0.15, 0.2) is 0 Å². The third-order valence-electron chi connectivity index (χ3n) is 3.81. The molecule has 0 aromatic carbocycles. The molecule has 4 N–H and O–H groups in total.